The first-order valence-electron chi connectivity index (χ1n) is 7.39. The molecule has 0 amide bonds. The fraction of sp³-hybridized carbons (Fsp3) is 0.625. The molecule has 3 nitrogen and oxygen atoms in total. The third-order valence-electron chi connectivity index (χ3n) is 3.42. The second-order valence-electron chi connectivity index (χ2n) is 5.05. The van der Waals surface area contributed by atoms with E-state index in [-0.39, 0.29) is 0 Å². The van der Waals surface area contributed by atoms with Gasteiger partial charge in [-0.2, -0.15) is 0 Å². The first-order chi connectivity index (χ1) is 9.45. The summed E-state index contributed by atoms with van der Waals surface area (Å²) in [5.41, 5.74) is 1.34. The van der Waals surface area contributed by atoms with Gasteiger partial charge in [0.15, 0.2) is 0 Å². The van der Waals surface area contributed by atoms with Crippen LogP contribution in [0.3, 0.4) is 0 Å². The van der Waals surface area contributed by atoms with Crippen molar-refractivity contribution in [3.63, 3.8) is 0 Å². The van der Waals surface area contributed by atoms with Crippen molar-refractivity contribution in [1.82, 2.24) is 5.32 Å². The van der Waals surface area contributed by atoms with Crippen LogP contribution in [0.2, 0.25) is 0 Å². The molecule has 1 aromatic carbocycles. The van der Waals surface area contributed by atoms with Gasteiger partial charge in [-0.1, -0.05) is 30.3 Å². The number of benzene rings is 1. The lowest BCUT2D eigenvalue weighted by Gasteiger charge is -2.09. The van der Waals surface area contributed by atoms with E-state index in [9.17, 15) is 0 Å². The van der Waals surface area contributed by atoms with Crippen LogP contribution in [0.1, 0.15) is 31.2 Å². The summed E-state index contributed by atoms with van der Waals surface area (Å²) in [6, 6.07) is 10.5. The highest BCUT2D eigenvalue weighted by Gasteiger charge is 2.14. The summed E-state index contributed by atoms with van der Waals surface area (Å²) in [6.07, 6.45) is 5.00. The van der Waals surface area contributed by atoms with Gasteiger partial charge in [0.2, 0.25) is 0 Å². The van der Waals surface area contributed by atoms with E-state index in [2.05, 4.69) is 29.6 Å². The molecule has 1 N–H and O–H groups in total. The Morgan fingerprint density at radius 2 is 2.11 bits per heavy atom. The molecule has 3 heteroatoms. The predicted molar refractivity (Wildman–Crippen MR) is 77.2 cm³/mol. The zero-order valence-electron chi connectivity index (χ0n) is 11.6. The lowest BCUT2D eigenvalue weighted by Crippen LogP contribution is -2.17. The van der Waals surface area contributed by atoms with Crippen LogP contribution < -0.4 is 5.32 Å². The fourth-order valence-electron chi connectivity index (χ4n) is 2.32. The Hall–Kier alpha value is -0.900. The van der Waals surface area contributed by atoms with Gasteiger partial charge in [0.05, 0.1) is 6.10 Å². The highest BCUT2D eigenvalue weighted by atomic mass is 16.5. The third-order valence-corrected chi connectivity index (χ3v) is 3.42. The molecule has 0 saturated carbocycles. The molecule has 1 unspecified atom stereocenters. The zero-order chi connectivity index (χ0) is 13.2. The van der Waals surface area contributed by atoms with E-state index in [0.29, 0.717) is 6.10 Å². The second kappa shape index (κ2) is 9.08. The van der Waals surface area contributed by atoms with E-state index in [1.807, 2.05) is 6.07 Å². The van der Waals surface area contributed by atoms with Crippen molar-refractivity contribution in [2.45, 2.75) is 38.3 Å². The minimum absolute atomic E-state index is 0.455. The SMILES string of the molecule is c1ccc(CNCCCOCCC2CCCO2)cc1. The Morgan fingerprint density at radius 3 is 2.89 bits per heavy atom. The van der Waals surface area contributed by atoms with Gasteiger partial charge in [0, 0.05) is 26.4 Å². The van der Waals surface area contributed by atoms with Crippen LogP contribution in [-0.2, 0) is 16.0 Å². The number of ether oxygens (including phenoxy) is 2. The molecule has 1 atom stereocenters. The smallest absolute Gasteiger partial charge is 0.0597 e. The lowest BCUT2D eigenvalue weighted by molar-refractivity contribution is 0.0587. The van der Waals surface area contributed by atoms with Crippen LogP contribution in [0.25, 0.3) is 0 Å². The van der Waals surface area contributed by atoms with Crippen molar-refractivity contribution in [3.05, 3.63) is 35.9 Å². The van der Waals surface area contributed by atoms with Crippen LogP contribution in [-0.4, -0.2) is 32.5 Å². The monoisotopic (exact) mass is 263 g/mol. The molecule has 0 spiro atoms. The molecule has 106 valence electrons. The number of hydrogen-bond donors (Lipinski definition) is 1. The normalized spacial score (nSPS) is 18.8. The molecular weight excluding hydrogens is 238 g/mol. The van der Waals surface area contributed by atoms with E-state index in [4.69, 9.17) is 9.47 Å². The quantitative estimate of drug-likeness (QED) is 0.695. The van der Waals surface area contributed by atoms with Crippen molar-refractivity contribution >= 4 is 0 Å². The molecule has 1 aromatic rings. The van der Waals surface area contributed by atoms with Crippen molar-refractivity contribution < 1.29 is 9.47 Å². The Bertz CT molecular complexity index is 323. The molecule has 0 radical (unpaired) electrons. The highest BCUT2D eigenvalue weighted by molar-refractivity contribution is 5.14. The summed E-state index contributed by atoms with van der Waals surface area (Å²) >= 11 is 0. The van der Waals surface area contributed by atoms with E-state index >= 15 is 0 Å². The van der Waals surface area contributed by atoms with Crippen LogP contribution in [0, 0.1) is 0 Å². The van der Waals surface area contributed by atoms with Crippen LogP contribution >= 0.6 is 0 Å². The van der Waals surface area contributed by atoms with Crippen molar-refractivity contribution in [2.24, 2.45) is 0 Å². The molecule has 1 fully saturated rings. The van der Waals surface area contributed by atoms with Gasteiger partial charge < -0.3 is 14.8 Å². The van der Waals surface area contributed by atoms with E-state index in [1.54, 1.807) is 0 Å². The molecule has 2 rings (SSSR count). The topological polar surface area (TPSA) is 30.5 Å². The molecule has 0 bridgehead atoms. The van der Waals surface area contributed by atoms with Gasteiger partial charge in [-0.05, 0) is 37.8 Å². The first kappa shape index (κ1) is 14.5. The highest BCUT2D eigenvalue weighted by Crippen LogP contribution is 2.14. The summed E-state index contributed by atoms with van der Waals surface area (Å²) < 4.78 is 11.2. The molecule has 0 aliphatic carbocycles. The van der Waals surface area contributed by atoms with E-state index < -0.39 is 0 Å². The van der Waals surface area contributed by atoms with E-state index in [0.717, 1.165) is 45.8 Å². The van der Waals surface area contributed by atoms with Crippen molar-refractivity contribution in [1.29, 1.82) is 0 Å². The Labute approximate surface area is 116 Å². The number of hydrogen-bond acceptors (Lipinski definition) is 3. The molecule has 19 heavy (non-hydrogen) atoms. The average molecular weight is 263 g/mol. The standard InChI is InChI=1S/C16H25NO2/c1-2-6-15(7-3-1)14-17-10-5-11-18-13-9-16-8-4-12-19-16/h1-3,6-7,16-17H,4-5,8-14H2. The van der Waals surface area contributed by atoms with Gasteiger partial charge in [-0.25, -0.2) is 0 Å². The summed E-state index contributed by atoms with van der Waals surface area (Å²) in [6.45, 7) is 4.57. The van der Waals surface area contributed by atoms with Crippen LogP contribution in [0.4, 0.5) is 0 Å². The molecule has 1 aliphatic rings. The van der Waals surface area contributed by atoms with E-state index in [1.165, 1.54) is 18.4 Å². The maximum Gasteiger partial charge on any atom is 0.0597 e. The minimum atomic E-state index is 0.455. The van der Waals surface area contributed by atoms with Gasteiger partial charge >= 0.3 is 0 Å². The average Bonchev–Trinajstić information content (AvgIpc) is 2.96. The fourth-order valence-corrected chi connectivity index (χ4v) is 2.32. The minimum Gasteiger partial charge on any atom is -0.381 e. The van der Waals surface area contributed by atoms with Gasteiger partial charge in [0.25, 0.3) is 0 Å². The van der Waals surface area contributed by atoms with Gasteiger partial charge in [-0.15, -0.1) is 0 Å². The summed E-state index contributed by atoms with van der Waals surface area (Å²) in [7, 11) is 0. The summed E-state index contributed by atoms with van der Waals surface area (Å²) in [5.74, 6) is 0. The second-order valence-corrected chi connectivity index (χ2v) is 5.05. The Kier molecular flexibility index (Phi) is 6.93. The number of nitrogens with one attached hydrogen (secondary N) is 1. The lowest BCUT2D eigenvalue weighted by atomic mass is 10.2. The number of rotatable bonds is 9. The maximum absolute atomic E-state index is 5.63. The summed E-state index contributed by atoms with van der Waals surface area (Å²) in [4.78, 5) is 0. The largest absolute Gasteiger partial charge is 0.381 e. The Morgan fingerprint density at radius 1 is 1.21 bits per heavy atom. The van der Waals surface area contributed by atoms with Crippen molar-refractivity contribution in [2.75, 3.05) is 26.4 Å². The zero-order valence-corrected chi connectivity index (χ0v) is 11.6. The molecule has 0 aromatic heterocycles. The molecule has 1 aliphatic heterocycles. The summed E-state index contributed by atoms with van der Waals surface area (Å²) in [5, 5.41) is 3.43. The van der Waals surface area contributed by atoms with Crippen LogP contribution in [0.5, 0.6) is 0 Å². The van der Waals surface area contributed by atoms with Crippen molar-refractivity contribution in [3.8, 4) is 0 Å². The molecule has 1 heterocycles. The maximum atomic E-state index is 5.63. The molecule has 1 saturated heterocycles. The van der Waals surface area contributed by atoms with Crippen LogP contribution in [0.15, 0.2) is 30.3 Å². The van der Waals surface area contributed by atoms with Gasteiger partial charge in [0.1, 0.15) is 0 Å². The predicted octanol–water partition coefficient (Wildman–Crippen LogP) is 2.75. The van der Waals surface area contributed by atoms with Gasteiger partial charge in [-0.3, -0.25) is 0 Å². The third kappa shape index (κ3) is 6.19. The molecular formula is C16H25NO2. The Balaban J connectivity index is 1.38. The first-order valence-corrected chi connectivity index (χ1v) is 7.39.